The number of hydrogen-bond acceptors (Lipinski definition) is 3. The highest BCUT2D eigenvalue weighted by molar-refractivity contribution is 6.30. The Bertz CT molecular complexity index is 1060. The number of amides is 1. The first-order valence-electron chi connectivity index (χ1n) is 9.70. The zero-order valence-electron chi connectivity index (χ0n) is 16.0. The maximum Gasteiger partial charge on any atom is 0.274 e. The average Bonchev–Trinajstić information content (AvgIpc) is 3.34. The van der Waals surface area contributed by atoms with Crippen molar-refractivity contribution < 1.29 is 4.79 Å². The molecule has 2 saturated heterocycles. The molecule has 2 aliphatic rings. The van der Waals surface area contributed by atoms with Crippen LogP contribution >= 0.6 is 11.6 Å². The molecule has 3 aromatic rings. The fraction of sp³-hybridized carbons (Fsp3) is 0.364. The van der Waals surface area contributed by atoms with Gasteiger partial charge in [0.1, 0.15) is 11.3 Å². The lowest BCUT2D eigenvalue weighted by atomic mass is 9.88. The van der Waals surface area contributed by atoms with E-state index in [9.17, 15) is 4.79 Å². The molecule has 2 fully saturated rings. The molecule has 0 bridgehead atoms. The highest BCUT2D eigenvalue weighted by Gasteiger charge is 2.47. The zero-order chi connectivity index (χ0) is 19.4. The fourth-order valence-electron chi connectivity index (χ4n) is 5.04. The molecule has 144 valence electrons. The van der Waals surface area contributed by atoms with E-state index in [1.165, 1.54) is 11.1 Å². The first-order valence-corrected chi connectivity index (χ1v) is 10.1. The van der Waals surface area contributed by atoms with Gasteiger partial charge in [-0.1, -0.05) is 35.9 Å². The Hall–Kier alpha value is -2.37. The maximum atomic E-state index is 13.1. The van der Waals surface area contributed by atoms with E-state index in [0.29, 0.717) is 28.6 Å². The Morgan fingerprint density at radius 2 is 1.93 bits per heavy atom. The highest BCUT2D eigenvalue weighted by atomic mass is 35.5. The number of hydrogen-bond donors (Lipinski definition) is 0. The molecule has 1 aromatic carbocycles. The molecule has 5 rings (SSSR count). The molecule has 2 aliphatic heterocycles. The van der Waals surface area contributed by atoms with Crippen LogP contribution in [-0.4, -0.2) is 51.8 Å². The number of fused-ring (bicyclic) bond motifs is 2. The van der Waals surface area contributed by atoms with Gasteiger partial charge in [0.2, 0.25) is 0 Å². The molecule has 6 heteroatoms. The monoisotopic (exact) mass is 394 g/mol. The van der Waals surface area contributed by atoms with Crippen molar-refractivity contribution in [3.8, 4) is 0 Å². The van der Waals surface area contributed by atoms with Gasteiger partial charge in [0.15, 0.2) is 0 Å². The summed E-state index contributed by atoms with van der Waals surface area (Å²) in [5.74, 6) is 0.979. The van der Waals surface area contributed by atoms with Crippen molar-refractivity contribution in [3.63, 3.8) is 0 Å². The normalized spacial score (nSPS) is 24.8. The van der Waals surface area contributed by atoms with Crippen molar-refractivity contribution in [2.45, 2.75) is 13.0 Å². The number of pyridine rings is 1. The second kappa shape index (κ2) is 6.61. The minimum Gasteiger partial charge on any atom is -0.337 e. The largest absolute Gasteiger partial charge is 0.337 e. The predicted molar refractivity (Wildman–Crippen MR) is 110 cm³/mol. The number of nitrogens with zero attached hydrogens (tertiary/aromatic N) is 4. The number of halogens is 1. The smallest absolute Gasteiger partial charge is 0.274 e. The number of carbonyl (C=O) groups excluding carboxylic acids is 1. The topological polar surface area (TPSA) is 40.9 Å². The van der Waals surface area contributed by atoms with Crippen LogP contribution in [-0.2, 0) is 0 Å². The first kappa shape index (κ1) is 17.7. The van der Waals surface area contributed by atoms with Gasteiger partial charge in [0.25, 0.3) is 5.91 Å². The van der Waals surface area contributed by atoms with E-state index < -0.39 is 0 Å². The SMILES string of the molecule is Cc1ccccc1[C@@H]1[C@@H]2CN(C(=O)c3cn4cc(Cl)ccc4n3)C[C@@H]2CN1C. The van der Waals surface area contributed by atoms with Gasteiger partial charge >= 0.3 is 0 Å². The van der Waals surface area contributed by atoms with Crippen molar-refractivity contribution in [1.82, 2.24) is 19.2 Å². The lowest BCUT2D eigenvalue weighted by Crippen LogP contribution is -2.33. The zero-order valence-corrected chi connectivity index (χ0v) is 16.8. The third-order valence-electron chi connectivity index (χ3n) is 6.32. The van der Waals surface area contributed by atoms with Gasteiger partial charge < -0.3 is 9.30 Å². The Balaban J connectivity index is 1.40. The van der Waals surface area contributed by atoms with Crippen LogP contribution in [0.4, 0.5) is 0 Å². The van der Waals surface area contributed by atoms with Gasteiger partial charge in [-0.05, 0) is 43.1 Å². The Morgan fingerprint density at radius 1 is 1.11 bits per heavy atom. The second-order valence-corrected chi connectivity index (χ2v) is 8.55. The van der Waals surface area contributed by atoms with E-state index in [0.717, 1.165) is 25.3 Å². The van der Waals surface area contributed by atoms with Crippen molar-refractivity contribution >= 4 is 23.2 Å². The van der Waals surface area contributed by atoms with Crippen LogP contribution in [0.2, 0.25) is 5.02 Å². The number of likely N-dealkylation sites (tertiary alicyclic amines) is 2. The highest BCUT2D eigenvalue weighted by Crippen LogP contribution is 2.45. The van der Waals surface area contributed by atoms with Gasteiger partial charge in [-0.3, -0.25) is 9.69 Å². The van der Waals surface area contributed by atoms with Gasteiger partial charge in [-0.15, -0.1) is 0 Å². The summed E-state index contributed by atoms with van der Waals surface area (Å²) in [5.41, 5.74) is 3.93. The van der Waals surface area contributed by atoms with E-state index in [2.05, 4.69) is 48.1 Å². The summed E-state index contributed by atoms with van der Waals surface area (Å²) in [4.78, 5) is 22.1. The van der Waals surface area contributed by atoms with E-state index in [-0.39, 0.29) is 5.91 Å². The molecule has 0 N–H and O–H groups in total. The molecular weight excluding hydrogens is 372 g/mol. The molecule has 1 amide bonds. The van der Waals surface area contributed by atoms with Gasteiger partial charge in [-0.25, -0.2) is 4.98 Å². The summed E-state index contributed by atoms with van der Waals surface area (Å²) < 4.78 is 1.82. The minimum atomic E-state index is 0.0143. The van der Waals surface area contributed by atoms with Crippen molar-refractivity contribution in [3.05, 3.63) is 70.6 Å². The third-order valence-corrected chi connectivity index (χ3v) is 6.55. The Labute approximate surface area is 169 Å². The third kappa shape index (κ3) is 2.81. The fourth-order valence-corrected chi connectivity index (χ4v) is 5.21. The summed E-state index contributed by atoms with van der Waals surface area (Å²) in [6.45, 7) is 4.77. The molecular formula is C22H23ClN4O. The lowest BCUT2D eigenvalue weighted by molar-refractivity contribution is 0.0762. The molecule has 0 spiro atoms. The second-order valence-electron chi connectivity index (χ2n) is 8.11. The summed E-state index contributed by atoms with van der Waals surface area (Å²) in [6.07, 6.45) is 3.56. The van der Waals surface area contributed by atoms with Crippen LogP contribution in [0.3, 0.4) is 0 Å². The molecule has 0 saturated carbocycles. The van der Waals surface area contributed by atoms with E-state index in [1.54, 1.807) is 18.5 Å². The molecule has 0 radical (unpaired) electrons. The van der Waals surface area contributed by atoms with E-state index >= 15 is 0 Å². The summed E-state index contributed by atoms with van der Waals surface area (Å²) in [7, 11) is 2.20. The molecule has 5 nitrogen and oxygen atoms in total. The first-order chi connectivity index (χ1) is 13.5. The van der Waals surface area contributed by atoms with Crippen LogP contribution in [0.1, 0.15) is 27.7 Å². The van der Waals surface area contributed by atoms with Crippen LogP contribution in [0.15, 0.2) is 48.8 Å². The van der Waals surface area contributed by atoms with Gasteiger partial charge in [-0.2, -0.15) is 0 Å². The molecule has 2 aromatic heterocycles. The number of benzene rings is 1. The van der Waals surface area contributed by atoms with Gasteiger partial charge in [0, 0.05) is 44.0 Å². The molecule has 0 aliphatic carbocycles. The minimum absolute atomic E-state index is 0.0143. The summed E-state index contributed by atoms with van der Waals surface area (Å²) in [6, 6.07) is 12.6. The average molecular weight is 395 g/mol. The molecule has 3 atom stereocenters. The number of carbonyl (C=O) groups is 1. The van der Waals surface area contributed by atoms with E-state index in [1.807, 2.05) is 15.4 Å². The molecule has 0 unspecified atom stereocenters. The van der Waals surface area contributed by atoms with Crippen molar-refractivity contribution in [2.75, 3.05) is 26.7 Å². The quantitative estimate of drug-likeness (QED) is 0.665. The van der Waals surface area contributed by atoms with E-state index in [4.69, 9.17) is 11.6 Å². The van der Waals surface area contributed by atoms with Crippen LogP contribution < -0.4 is 0 Å². The van der Waals surface area contributed by atoms with Crippen molar-refractivity contribution in [2.24, 2.45) is 11.8 Å². The Morgan fingerprint density at radius 3 is 2.75 bits per heavy atom. The molecule has 28 heavy (non-hydrogen) atoms. The van der Waals surface area contributed by atoms with Crippen LogP contribution in [0.5, 0.6) is 0 Å². The summed E-state index contributed by atoms with van der Waals surface area (Å²) >= 11 is 6.05. The summed E-state index contributed by atoms with van der Waals surface area (Å²) in [5, 5.41) is 0.628. The standard InChI is InChI=1S/C22H23ClN4O/c1-14-5-3-4-6-17(14)21-18-12-27(10-15(18)9-25(21)2)22(28)19-13-26-11-16(23)7-8-20(26)24-19/h3-8,11,13,15,18,21H,9-10,12H2,1-2H3/t15-,18+,21+/m0/s1. The van der Waals surface area contributed by atoms with Crippen molar-refractivity contribution in [1.29, 1.82) is 0 Å². The number of imidazole rings is 1. The molecule has 4 heterocycles. The van der Waals surface area contributed by atoms with Crippen LogP contribution in [0, 0.1) is 18.8 Å². The van der Waals surface area contributed by atoms with Gasteiger partial charge in [0.05, 0.1) is 5.02 Å². The number of aryl methyl sites for hydroxylation is 1. The Kier molecular flexibility index (Phi) is 4.18. The number of aromatic nitrogens is 2. The lowest BCUT2D eigenvalue weighted by Gasteiger charge is -2.27. The maximum absolute atomic E-state index is 13.1. The predicted octanol–water partition coefficient (Wildman–Crippen LogP) is 3.67. The number of rotatable bonds is 2. The van der Waals surface area contributed by atoms with Crippen LogP contribution in [0.25, 0.3) is 5.65 Å².